The molecule has 0 radical (unpaired) electrons. The first-order valence-electron chi connectivity index (χ1n) is 4.88. The molecule has 0 saturated carbocycles. The topological polar surface area (TPSA) is 29.9 Å². The molecule has 3 heteroatoms. The van der Waals surface area contributed by atoms with Gasteiger partial charge in [0.25, 0.3) is 0 Å². The standard InChI is InChI=1S/C10H17N3/c1-10(2,3)8-9-11-5-4-6-13(9)7-12-8/h7,11H,4-6H2,1-3H3. The van der Waals surface area contributed by atoms with Gasteiger partial charge in [-0.3, -0.25) is 0 Å². The third-order valence-electron chi connectivity index (χ3n) is 2.42. The monoisotopic (exact) mass is 179 g/mol. The average molecular weight is 179 g/mol. The summed E-state index contributed by atoms with van der Waals surface area (Å²) in [6, 6.07) is 0. The number of hydrogen-bond donors (Lipinski definition) is 1. The highest BCUT2D eigenvalue weighted by atomic mass is 15.2. The summed E-state index contributed by atoms with van der Waals surface area (Å²) in [5, 5.41) is 3.42. The minimum atomic E-state index is 0.144. The Morgan fingerprint density at radius 3 is 2.92 bits per heavy atom. The van der Waals surface area contributed by atoms with E-state index < -0.39 is 0 Å². The Morgan fingerprint density at radius 2 is 2.23 bits per heavy atom. The van der Waals surface area contributed by atoms with E-state index in [0.29, 0.717) is 0 Å². The first kappa shape index (κ1) is 8.60. The van der Waals surface area contributed by atoms with Crippen molar-refractivity contribution in [2.45, 2.75) is 39.2 Å². The van der Waals surface area contributed by atoms with Gasteiger partial charge in [-0.25, -0.2) is 4.98 Å². The number of nitrogens with one attached hydrogen (secondary N) is 1. The lowest BCUT2D eigenvalue weighted by Crippen LogP contribution is -2.21. The van der Waals surface area contributed by atoms with Crippen LogP contribution in [0.5, 0.6) is 0 Å². The molecular weight excluding hydrogens is 162 g/mol. The zero-order valence-corrected chi connectivity index (χ0v) is 8.59. The van der Waals surface area contributed by atoms with Gasteiger partial charge in [0.15, 0.2) is 0 Å². The minimum absolute atomic E-state index is 0.144. The molecular formula is C10H17N3. The molecule has 2 heterocycles. The summed E-state index contributed by atoms with van der Waals surface area (Å²) in [4.78, 5) is 4.47. The Labute approximate surface area is 79.2 Å². The number of anilines is 1. The van der Waals surface area contributed by atoms with Gasteiger partial charge in [0.1, 0.15) is 5.82 Å². The van der Waals surface area contributed by atoms with Crippen LogP contribution in [0.4, 0.5) is 5.82 Å². The molecule has 13 heavy (non-hydrogen) atoms. The second-order valence-corrected chi connectivity index (χ2v) is 4.67. The molecule has 0 spiro atoms. The molecule has 0 fully saturated rings. The maximum absolute atomic E-state index is 4.47. The minimum Gasteiger partial charge on any atom is -0.370 e. The fraction of sp³-hybridized carbons (Fsp3) is 0.700. The lowest BCUT2D eigenvalue weighted by atomic mass is 9.92. The maximum Gasteiger partial charge on any atom is 0.129 e. The molecule has 0 unspecified atom stereocenters. The molecule has 0 amide bonds. The van der Waals surface area contributed by atoms with E-state index in [-0.39, 0.29) is 5.41 Å². The van der Waals surface area contributed by atoms with Gasteiger partial charge >= 0.3 is 0 Å². The second-order valence-electron chi connectivity index (χ2n) is 4.67. The summed E-state index contributed by atoms with van der Waals surface area (Å²) in [5.41, 5.74) is 1.33. The van der Waals surface area contributed by atoms with Gasteiger partial charge in [-0.1, -0.05) is 20.8 Å². The molecule has 0 aliphatic carbocycles. The number of imidazole rings is 1. The number of aromatic nitrogens is 2. The van der Waals surface area contributed by atoms with Crippen molar-refractivity contribution in [3.8, 4) is 0 Å². The third-order valence-corrected chi connectivity index (χ3v) is 2.42. The van der Waals surface area contributed by atoms with Crippen molar-refractivity contribution in [3.63, 3.8) is 0 Å². The van der Waals surface area contributed by atoms with Crippen molar-refractivity contribution < 1.29 is 0 Å². The van der Waals surface area contributed by atoms with Gasteiger partial charge in [-0.2, -0.15) is 0 Å². The largest absolute Gasteiger partial charge is 0.370 e. The number of aryl methyl sites for hydroxylation is 1. The van der Waals surface area contributed by atoms with E-state index in [1.165, 1.54) is 17.9 Å². The quantitative estimate of drug-likeness (QED) is 0.660. The Bertz CT molecular complexity index is 306. The molecule has 72 valence electrons. The molecule has 1 N–H and O–H groups in total. The SMILES string of the molecule is CC(C)(C)c1ncn2c1NCCC2. The van der Waals surface area contributed by atoms with E-state index in [9.17, 15) is 0 Å². The third kappa shape index (κ3) is 1.43. The van der Waals surface area contributed by atoms with Gasteiger partial charge in [0.05, 0.1) is 12.0 Å². The molecule has 1 aromatic heterocycles. The van der Waals surface area contributed by atoms with E-state index >= 15 is 0 Å². The Kier molecular flexibility index (Phi) is 1.82. The van der Waals surface area contributed by atoms with Crippen molar-refractivity contribution in [2.24, 2.45) is 0 Å². The van der Waals surface area contributed by atoms with E-state index in [2.05, 4.69) is 35.6 Å². The lowest BCUT2D eigenvalue weighted by Gasteiger charge is -2.22. The second kappa shape index (κ2) is 2.76. The summed E-state index contributed by atoms with van der Waals surface area (Å²) >= 11 is 0. The van der Waals surface area contributed by atoms with E-state index in [1.54, 1.807) is 0 Å². The predicted molar refractivity (Wildman–Crippen MR) is 54.0 cm³/mol. The molecule has 1 aliphatic rings. The van der Waals surface area contributed by atoms with Crippen LogP contribution < -0.4 is 5.32 Å². The van der Waals surface area contributed by atoms with Crippen LogP contribution in [0.25, 0.3) is 0 Å². The van der Waals surface area contributed by atoms with Gasteiger partial charge in [-0.05, 0) is 6.42 Å². The van der Waals surface area contributed by atoms with Crippen LogP contribution in [0, 0.1) is 0 Å². The molecule has 0 aromatic carbocycles. The van der Waals surface area contributed by atoms with Crippen LogP contribution >= 0.6 is 0 Å². The summed E-state index contributed by atoms with van der Waals surface area (Å²) < 4.78 is 2.21. The van der Waals surface area contributed by atoms with Crippen LogP contribution in [0.2, 0.25) is 0 Å². The van der Waals surface area contributed by atoms with Crippen LogP contribution in [-0.4, -0.2) is 16.1 Å². The number of fused-ring (bicyclic) bond motifs is 1. The average Bonchev–Trinajstić information content (AvgIpc) is 2.45. The molecule has 0 bridgehead atoms. The highest BCUT2D eigenvalue weighted by molar-refractivity contribution is 5.46. The van der Waals surface area contributed by atoms with E-state index in [0.717, 1.165) is 13.1 Å². The summed E-state index contributed by atoms with van der Waals surface area (Å²) in [7, 11) is 0. The smallest absolute Gasteiger partial charge is 0.129 e. The Balaban J connectivity index is 2.43. The molecule has 0 atom stereocenters. The molecule has 3 nitrogen and oxygen atoms in total. The molecule has 2 rings (SSSR count). The van der Waals surface area contributed by atoms with Crippen molar-refractivity contribution in [1.29, 1.82) is 0 Å². The van der Waals surface area contributed by atoms with Gasteiger partial charge in [0.2, 0.25) is 0 Å². The fourth-order valence-electron chi connectivity index (χ4n) is 1.74. The molecule has 1 aliphatic heterocycles. The highest BCUT2D eigenvalue weighted by Crippen LogP contribution is 2.29. The van der Waals surface area contributed by atoms with Gasteiger partial charge in [-0.15, -0.1) is 0 Å². The first-order valence-corrected chi connectivity index (χ1v) is 4.88. The molecule has 0 saturated heterocycles. The van der Waals surface area contributed by atoms with Crippen molar-refractivity contribution in [2.75, 3.05) is 11.9 Å². The summed E-state index contributed by atoms with van der Waals surface area (Å²) in [5.74, 6) is 1.22. The normalized spacial score (nSPS) is 16.5. The van der Waals surface area contributed by atoms with Crippen molar-refractivity contribution >= 4 is 5.82 Å². The molecule has 1 aromatic rings. The zero-order valence-electron chi connectivity index (χ0n) is 8.59. The van der Waals surface area contributed by atoms with E-state index in [1.807, 2.05) is 6.33 Å². The Morgan fingerprint density at radius 1 is 1.46 bits per heavy atom. The Hall–Kier alpha value is -0.990. The first-order chi connectivity index (χ1) is 6.09. The maximum atomic E-state index is 4.47. The predicted octanol–water partition coefficient (Wildman–Crippen LogP) is 2.00. The number of hydrogen-bond acceptors (Lipinski definition) is 2. The van der Waals surface area contributed by atoms with Crippen LogP contribution in [0.1, 0.15) is 32.9 Å². The zero-order chi connectivity index (χ0) is 9.47. The fourth-order valence-corrected chi connectivity index (χ4v) is 1.74. The van der Waals surface area contributed by atoms with Gasteiger partial charge < -0.3 is 9.88 Å². The van der Waals surface area contributed by atoms with Gasteiger partial charge in [0, 0.05) is 18.5 Å². The highest BCUT2D eigenvalue weighted by Gasteiger charge is 2.24. The van der Waals surface area contributed by atoms with Crippen LogP contribution in [0.15, 0.2) is 6.33 Å². The number of nitrogens with zero attached hydrogens (tertiary/aromatic N) is 2. The van der Waals surface area contributed by atoms with Crippen LogP contribution in [0.3, 0.4) is 0 Å². The van der Waals surface area contributed by atoms with E-state index in [4.69, 9.17) is 0 Å². The van der Waals surface area contributed by atoms with Crippen LogP contribution in [-0.2, 0) is 12.0 Å². The summed E-state index contributed by atoms with van der Waals surface area (Å²) in [6.45, 7) is 8.78. The van der Waals surface area contributed by atoms with Crippen molar-refractivity contribution in [1.82, 2.24) is 9.55 Å². The van der Waals surface area contributed by atoms with Crippen molar-refractivity contribution in [3.05, 3.63) is 12.0 Å². The lowest BCUT2D eigenvalue weighted by molar-refractivity contribution is 0.567. The number of rotatable bonds is 0. The summed E-state index contributed by atoms with van der Waals surface area (Å²) in [6.07, 6.45) is 3.15.